The Balaban J connectivity index is 1.93. The Bertz CT molecular complexity index is 565. The van der Waals surface area contributed by atoms with Crippen LogP contribution < -0.4 is 0 Å². The van der Waals surface area contributed by atoms with Crippen LogP contribution in [0, 0.1) is 34.7 Å². The molecule has 0 radical (unpaired) electrons. The van der Waals surface area contributed by atoms with Gasteiger partial charge in [0.15, 0.2) is 0 Å². The molecule has 4 fully saturated rings. The highest BCUT2D eigenvalue weighted by molar-refractivity contribution is 5.76. The number of esters is 1. The second kappa shape index (κ2) is 4.48. The van der Waals surface area contributed by atoms with Crippen molar-refractivity contribution in [1.82, 2.24) is 0 Å². The topological polar surface area (TPSA) is 54.4 Å². The molecule has 4 heteroatoms. The molecule has 4 aliphatic rings. The second-order valence-electron chi connectivity index (χ2n) is 8.55. The molecule has 4 rings (SSSR count). The zero-order valence-corrected chi connectivity index (χ0v) is 13.7. The number of carbonyl (C=O) groups excluding carboxylic acids is 1. The molecule has 0 aliphatic heterocycles. The van der Waals surface area contributed by atoms with Crippen molar-refractivity contribution < 1.29 is 9.53 Å². The minimum absolute atomic E-state index is 0.176. The van der Waals surface area contributed by atoms with Crippen LogP contribution in [0.25, 0.3) is 4.85 Å². The van der Waals surface area contributed by atoms with Crippen molar-refractivity contribution in [2.75, 3.05) is 0 Å². The van der Waals surface area contributed by atoms with E-state index < -0.39 is 22.0 Å². The summed E-state index contributed by atoms with van der Waals surface area (Å²) in [6.45, 7) is 13.4. The van der Waals surface area contributed by atoms with Crippen LogP contribution in [-0.4, -0.2) is 17.1 Å². The van der Waals surface area contributed by atoms with Gasteiger partial charge in [-0.1, -0.05) is 6.92 Å². The molecular weight excluding hydrogens is 276 g/mol. The van der Waals surface area contributed by atoms with E-state index in [9.17, 15) is 10.1 Å². The van der Waals surface area contributed by atoms with E-state index >= 15 is 0 Å². The van der Waals surface area contributed by atoms with E-state index in [-0.39, 0.29) is 5.97 Å². The van der Waals surface area contributed by atoms with Gasteiger partial charge in [-0.2, -0.15) is 5.26 Å². The summed E-state index contributed by atoms with van der Waals surface area (Å²) in [7, 11) is 0. The third-order valence-corrected chi connectivity index (χ3v) is 6.21. The number of hydrogen-bond donors (Lipinski definition) is 0. The summed E-state index contributed by atoms with van der Waals surface area (Å²) >= 11 is 0. The van der Waals surface area contributed by atoms with Gasteiger partial charge in [0.05, 0.1) is 23.3 Å². The lowest BCUT2D eigenvalue weighted by Crippen LogP contribution is -2.63. The first kappa shape index (κ1) is 15.3. The van der Waals surface area contributed by atoms with Gasteiger partial charge in [0, 0.05) is 19.3 Å². The van der Waals surface area contributed by atoms with E-state index in [0.29, 0.717) is 25.2 Å². The first-order valence-corrected chi connectivity index (χ1v) is 8.25. The number of ether oxygens (including phenoxy) is 1. The van der Waals surface area contributed by atoms with E-state index in [0.717, 1.165) is 25.7 Å². The van der Waals surface area contributed by atoms with Crippen molar-refractivity contribution in [3.63, 3.8) is 0 Å². The van der Waals surface area contributed by atoms with Crippen LogP contribution in [-0.2, 0) is 9.53 Å². The molecule has 0 saturated heterocycles. The van der Waals surface area contributed by atoms with Crippen LogP contribution in [0.15, 0.2) is 0 Å². The maximum absolute atomic E-state index is 12.6. The smallest absolute Gasteiger partial charge is 0.312 e. The summed E-state index contributed by atoms with van der Waals surface area (Å²) in [5.41, 5.74) is -2.02. The minimum Gasteiger partial charge on any atom is -0.458 e. The van der Waals surface area contributed by atoms with Crippen molar-refractivity contribution in [2.24, 2.45) is 16.7 Å². The lowest BCUT2D eigenvalue weighted by atomic mass is 9.45. The van der Waals surface area contributed by atoms with Crippen LogP contribution in [0.5, 0.6) is 0 Å². The maximum atomic E-state index is 12.6. The van der Waals surface area contributed by atoms with Gasteiger partial charge in [0.1, 0.15) is 5.60 Å². The van der Waals surface area contributed by atoms with Gasteiger partial charge in [0.2, 0.25) is 5.54 Å². The number of nitriles is 1. The maximum Gasteiger partial charge on any atom is 0.312 e. The average Bonchev–Trinajstić information content (AvgIpc) is 2.45. The Morgan fingerprint density at radius 2 is 2.09 bits per heavy atom. The average molecular weight is 300 g/mol. The lowest BCUT2D eigenvalue weighted by Gasteiger charge is -2.59. The highest BCUT2D eigenvalue weighted by atomic mass is 16.6. The quantitative estimate of drug-likeness (QED) is 0.587. The summed E-state index contributed by atoms with van der Waals surface area (Å²) in [6.07, 6.45) is 5.20. The fourth-order valence-electron chi connectivity index (χ4n) is 5.14. The molecule has 4 bridgehead atoms. The van der Waals surface area contributed by atoms with E-state index in [1.165, 1.54) is 0 Å². The highest BCUT2D eigenvalue weighted by Gasteiger charge is 2.69. The minimum atomic E-state index is -0.580. The molecule has 4 nitrogen and oxygen atoms in total. The molecule has 4 atom stereocenters. The molecular formula is C18H24N2O2. The van der Waals surface area contributed by atoms with Gasteiger partial charge in [-0.05, 0) is 39.0 Å². The third-order valence-electron chi connectivity index (χ3n) is 6.21. The first-order chi connectivity index (χ1) is 10.2. The van der Waals surface area contributed by atoms with E-state index in [4.69, 9.17) is 11.3 Å². The van der Waals surface area contributed by atoms with Crippen molar-refractivity contribution in [1.29, 1.82) is 5.26 Å². The van der Waals surface area contributed by atoms with Gasteiger partial charge >= 0.3 is 5.97 Å². The van der Waals surface area contributed by atoms with Gasteiger partial charge in [-0.3, -0.25) is 4.79 Å². The number of hydrogen-bond acceptors (Lipinski definition) is 3. The Labute approximate surface area is 132 Å². The van der Waals surface area contributed by atoms with Crippen LogP contribution in [0.4, 0.5) is 0 Å². The molecule has 22 heavy (non-hydrogen) atoms. The number of carbonyl (C=O) groups is 1. The van der Waals surface area contributed by atoms with Crippen LogP contribution >= 0.6 is 0 Å². The summed E-state index contributed by atoms with van der Waals surface area (Å²) < 4.78 is 6.03. The second-order valence-corrected chi connectivity index (χ2v) is 8.55. The molecule has 0 heterocycles. The standard InChI is InChI=1S/C18H24N2O2/c1-5-15(2,3)14(21)22-18-8-13-6-16(10-18,12-19)9-17(7-13,11-18)20-4/h13H,5-11H2,1-3H3. The molecule has 0 amide bonds. The van der Waals surface area contributed by atoms with E-state index in [1.807, 2.05) is 20.8 Å². The third kappa shape index (κ3) is 2.12. The fraction of sp³-hybridized carbons (Fsp3) is 0.833. The molecule has 0 aromatic heterocycles. The van der Waals surface area contributed by atoms with Crippen LogP contribution in [0.2, 0.25) is 0 Å². The Hall–Kier alpha value is -1.55. The summed E-state index contributed by atoms with van der Waals surface area (Å²) in [5.74, 6) is 0.174. The lowest BCUT2D eigenvalue weighted by molar-refractivity contribution is -0.202. The summed E-state index contributed by atoms with van der Waals surface area (Å²) in [5, 5.41) is 9.70. The molecule has 4 saturated carbocycles. The van der Waals surface area contributed by atoms with Gasteiger partial charge in [-0.25, -0.2) is 6.57 Å². The highest BCUT2D eigenvalue weighted by Crippen LogP contribution is 2.65. The van der Waals surface area contributed by atoms with E-state index in [1.54, 1.807) is 0 Å². The Morgan fingerprint density at radius 3 is 2.68 bits per heavy atom. The predicted molar refractivity (Wildman–Crippen MR) is 81.5 cm³/mol. The predicted octanol–water partition coefficient (Wildman–Crippen LogP) is 3.87. The summed E-state index contributed by atoms with van der Waals surface area (Å²) in [6, 6.07) is 2.48. The van der Waals surface area contributed by atoms with Gasteiger partial charge in [0.25, 0.3) is 0 Å². The monoisotopic (exact) mass is 300 g/mol. The molecule has 4 aliphatic carbocycles. The van der Waals surface area contributed by atoms with Gasteiger partial charge < -0.3 is 9.58 Å². The van der Waals surface area contributed by atoms with Crippen LogP contribution in [0.3, 0.4) is 0 Å². The number of nitrogens with zero attached hydrogens (tertiary/aromatic N) is 2. The zero-order chi connectivity index (χ0) is 16.2. The van der Waals surface area contributed by atoms with Crippen molar-refractivity contribution in [2.45, 2.75) is 76.9 Å². The fourth-order valence-corrected chi connectivity index (χ4v) is 5.14. The van der Waals surface area contributed by atoms with Crippen molar-refractivity contribution in [3.8, 4) is 6.07 Å². The SMILES string of the molecule is [C-]#[N+]C12CC3CC(C#N)(C1)CC(OC(=O)C(C)(C)CC)(C3)C2. The molecule has 118 valence electrons. The summed E-state index contributed by atoms with van der Waals surface area (Å²) in [4.78, 5) is 16.5. The molecule has 4 unspecified atom stereocenters. The molecule has 0 aromatic rings. The Morgan fingerprint density at radius 1 is 1.36 bits per heavy atom. The molecule has 0 spiro atoms. The molecule has 0 aromatic carbocycles. The zero-order valence-electron chi connectivity index (χ0n) is 13.7. The van der Waals surface area contributed by atoms with E-state index in [2.05, 4.69) is 10.9 Å². The van der Waals surface area contributed by atoms with Gasteiger partial charge in [-0.15, -0.1) is 0 Å². The van der Waals surface area contributed by atoms with Crippen LogP contribution in [0.1, 0.15) is 65.7 Å². The van der Waals surface area contributed by atoms with Crippen molar-refractivity contribution >= 4 is 5.97 Å². The number of rotatable bonds is 3. The first-order valence-electron chi connectivity index (χ1n) is 8.25. The molecule has 0 N–H and O–H groups in total. The Kier molecular flexibility index (Phi) is 3.12. The normalized spacial score (nSPS) is 42.5. The van der Waals surface area contributed by atoms with Crippen molar-refractivity contribution in [3.05, 3.63) is 11.4 Å². The largest absolute Gasteiger partial charge is 0.458 e.